The topological polar surface area (TPSA) is 29.5 Å². The molecule has 0 spiro atoms. The van der Waals surface area contributed by atoms with Crippen molar-refractivity contribution in [1.82, 2.24) is 0 Å². The Morgan fingerprint density at radius 1 is 0.828 bits per heavy atom. The molecule has 2 heteroatoms. The van der Waals surface area contributed by atoms with E-state index in [4.69, 9.17) is 4.74 Å². The number of ether oxygens (including phenoxy) is 1. The molecule has 2 aromatic carbocycles. The number of hydrogen-bond acceptors (Lipinski definition) is 2. The Balaban J connectivity index is 2.48. The van der Waals surface area contributed by atoms with E-state index in [1.807, 2.05) is 19.9 Å². The Hall–Kier alpha value is -2.06. The lowest BCUT2D eigenvalue weighted by molar-refractivity contribution is 0.0836. The maximum absolute atomic E-state index is 10.6. The largest absolute Gasteiger partial charge is 0.496 e. The minimum absolute atomic E-state index is 0.0163. The number of aryl methyl sites for hydroxylation is 2. The molecule has 0 unspecified atom stereocenters. The molecule has 0 atom stereocenters. The quantitative estimate of drug-likeness (QED) is 0.497. The van der Waals surface area contributed by atoms with Gasteiger partial charge in [-0.2, -0.15) is 0 Å². The van der Waals surface area contributed by atoms with E-state index in [0.29, 0.717) is 0 Å². The van der Waals surface area contributed by atoms with Gasteiger partial charge in [0.1, 0.15) is 5.75 Å². The maximum atomic E-state index is 10.6. The monoisotopic (exact) mass is 394 g/mol. The van der Waals surface area contributed by atoms with Crippen LogP contribution in [0.3, 0.4) is 0 Å². The van der Waals surface area contributed by atoms with Crippen molar-refractivity contribution >= 4 is 6.08 Å². The molecule has 0 bridgehead atoms. The van der Waals surface area contributed by atoms with Gasteiger partial charge in [-0.15, -0.1) is 0 Å². The van der Waals surface area contributed by atoms with Crippen LogP contribution in [0, 0.1) is 13.8 Å². The molecule has 0 heterocycles. The second kappa shape index (κ2) is 9.63. The maximum Gasteiger partial charge on any atom is 0.121 e. The predicted molar refractivity (Wildman–Crippen MR) is 125 cm³/mol. The van der Waals surface area contributed by atoms with Crippen LogP contribution in [0.2, 0.25) is 0 Å². The van der Waals surface area contributed by atoms with Gasteiger partial charge >= 0.3 is 0 Å². The predicted octanol–water partition coefficient (Wildman–Crippen LogP) is 6.98. The van der Waals surface area contributed by atoms with E-state index < -0.39 is 5.60 Å². The standard InChI is InChI=1S/C27H38O2/c1-8-26(28,9-2)17-16-22-12-13-23(18-20(22)5)27(10-3,11-4)24-14-15-25(29-7)21(6)19-24/h12-19,28H,8-11H2,1-7H3/b17-16+. The second-order valence-corrected chi connectivity index (χ2v) is 8.19. The van der Waals surface area contributed by atoms with E-state index in [2.05, 4.69) is 70.2 Å². The lowest BCUT2D eigenvalue weighted by Gasteiger charge is -2.34. The van der Waals surface area contributed by atoms with E-state index in [-0.39, 0.29) is 5.41 Å². The Labute approximate surface area is 177 Å². The summed E-state index contributed by atoms with van der Waals surface area (Å²) in [5.41, 5.74) is 5.54. The van der Waals surface area contributed by atoms with Crippen molar-refractivity contribution in [3.63, 3.8) is 0 Å². The lowest BCUT2D eigenvalue weighted by atomic mass is 9.70. The molecule has 0 saturated carbocycles. The molecule has 158 valence electrons. The average Bonchev–Trinajstić information content (AvgIpc) is 2.74. The van der Waals surface area contributed by atoms with Gasteiger partial charge in [-0.05, 0) is 73.4 Å². The van der Waals surface area contributed by atoms with Crippen LogP contribution in [-0.2, 0) is 5.41 Å². The molecule has 0 aliphatic rings. The smallest absolute Gasteiger partial charge is 0.121 e. The highest BCUT2D eigenvalue weighted by atomic mass is 16.5. The SMILES string of the molecule is CCC(O)(/C=C/c1ccc(C(CC)(CC)c2ccc(OC)c(C)c2)cc1C)CC. The summed E-state index contributed by atoms with van der Waals surface area (Å²) < 4.78 is 5.47. The van der Waals surface area contributed by atoms with Crippen molar-refractivity contribution < 1.29 is 9.84 Å². The van der Waals surface area contributed by atoms with Crippen molar-refractivity contribution in [2.24, 2.45) is 0 Å². The first-order valence-corrected chi connectivity index (χ1v) is 11.0. The van der Waals surface area contributed by atoms with Crippen LogP contribution in [0.4, 0.5) is 0 Å². The van der Waals surface area contributed by atoms with Gasteiger partial charge in [-0.3, -0.25) is 0 Å². The zero-order valence-corrected chi connectivity index (χ0v) is 19.3. The van der Waals surface area contributed by atoms with Crippen LogP contribution in [0.1, 0.15) is 81.2 Å². The van der Waals surface area contributed by atoms with Crippen molar-refractivity contribution in [2.45, 2.75) is 78.2 Å². The highest BCUT2D eigenvalue weighted by Crippen LogP contribution is 2.41. The fraction of sp³-hybridized carbons (Fsp3) is 0.481. The summed E-state index contributed by atoms with van der Waals surface area (Å²) in [4.78, 5) is 0. The second-order valence-electron chi connectivity index (χ2n) is 8.19. The van der Waals surface area contributed by atoms with Crippen LogP contribution >= 0.6 is 0 Å². The molecule has 0 fully saturated rings. The van der Waals surface area contributed by atoms with Gasteiger partial charge in [-0.25, -0.2) is 0 Å². The molecule has 0 amide bonds. The van der Waals surface area contributed by atoms with Crippen LogP contribution < -0.4 is 4.74 Å². The lowest BCUT2D eigenvalue weighted by Crippen LogP contribution is -2.26. The molecule has 2 aromatic rings. The first kappa shape index (κ1) is 23.2. The summed E-state index contributed by atoms with van der Waals surface area (Å²) >= 11 is 0. The summed E-state index contributed by atoms with van der Waals surface area (Å²) in [6.45, 7) is 12.9. The fourth-order valence-electron chi connectivity index (χ4n) is 4.30. The van der Waals surface area contributed by atoms with E-state index in [0.717, 1.165) is 31.4 Å². The third-order valence-electron chi connectivity index (χ3n) is 6.77. The van der Waals surface area contributed by atoms with Crippen molar-refractivity contribution in [3.05, 3.63) is 70.3 Å². The number of hydrogen-bond donors (Lipinski definition) is 1. The number of aliphatic hydroxyl groups is 1. The molecular weight excluding hydrogens is 356 g/mol. The number of benzene rings is 2. The van der Waals surface area contributed by atoms with Crippen molar-refractivity contribution in [3.8, 4) is 5.75 Å². The van der Waals surface area contributed by atoms with Crippen LogP contribution in [0.25, 0.3) is 6.08 Å². The molecule has 29 heavy (non-hydrogen) atoms. The fourth-order valence-corrected chi connectivity index (χ4v) is 4.30. The molecular formula is C27H38O2. The third-order valence-corrected chi connectivity index (χ3v) is 6.77. The summed E-state index contributed by atoms with van der Waals surface area (Å²) in [5, 5.41) is 10.6. The third kappa shape index (κ3) is 4.75. The first-order valence-electron chi connectivity index (χ1n) is 11.0. The van der Waals surface area contributed by atoms with Crippen LogP contribution in [0.15, 0.2) is 42.5 Å². The molecule has 1 N–H and O–H groups in total. The molecule has 0 saturated heterocycles. The molecule has 2 nitrogen and oxygen atoms in total. The minimum Gasteiger partial charge on any atom is -0.496 e. The van der Waals surface area contributed by atoms with Crippen molar-refractivity contribution in [1.29, 1.82) is 0 Å². The summed E-state index contributed by atoms with van der Waals surface area (Å²) in [6.07, 6.45) is 7.55. The Kier molecular flexibility index (Phi) is 7.71. The van der Waals surface area contributed by atoms with E-state index in [1.54, 1.807) is 7.11 Å². The molecule has 0 aliphatic carbocycles. The zero-order chi connectivity index (χ0) is 21.7. The minimum atomic E-state index is -0.720. The van der Waals surface area contributed by atoms with Gasteiger partial charge in [-0.1, -0.05) is 70.2 Å². The molecule has 2 rings (SSSR count). The molecule has 0 aliphatic heterocycles. The van der Waals surface area contributed by atoms with Crippen molar-refractivity contribution in [2.75, 3.05) is 7.11 Å². The van der Waals surface area contributed by atoms with Gasteiger partial charge in [0.25, 0.3) is 0 Å². The first-order chi connectivity index (χ1) is 13.8. The highest BCUT2D eigenvalue weighted by Gasteiger charge is 2.31. The van der Waals surface area contributed by atoms with Gasteiger partial charge in [0.05, 0.1) is 12.7 Å². The normalized spacial score (nSPS) is 12.6. The summed E-state index contributed by atoms with van der Waals surface area (Å²) in [6, 6.07) is 13.4. The highest BCUT2D eigenvalue weighted by molar-refractivity contribution is 5.57. The van der Waals surface area contributed by atoms with E-state index in [1.165, 1.54) is 27.8 Å². The van der Waals surface area contributed by atoms with Gasteiger partial charge < -0.3 is 9.84 Å². The van der Waals surface area contributed by atoms with Gasteiger partial charge in [0, 0.05) is 5.41 Å². The Bertz CT molecular complexity index is 840. The van der Waals surface area contributed by atoms with E-state index >= 15 is 0 Å². The van der Waals surface area contributed by atoms with Crippen LogP contribution in [-0.4, -0.2) is 17.8 Å². The average molecular weight is 395 g/mol. The molecule has 0 aromatic heterocycles. The van der Waals surface area contributed by atoms with Crippen LogP contribution in [0.5, 0.6) is 5.75 Å². The number of methoxy groups -OCH3 is 1. The van der Waals surface area contributed by atoms with Gasteiger partial charge in [0.2, 0.25) is 0 Å². The number of rotatable bonds is 9. The zero-order valence-electron chi connectivity index (χ0n) is 19.3. The Morgan fingerprint density at radius 3 is 1.83 bits per heavy atom. The Morgan fingerprint density at radius 2 is 1.38 bits per heavy atom. The molecule has 0 radical (unpaired) electrons. The summed E-state index contributed by atoms with van der Waals surface area (Å²) in [7, 11) is 1.72. The van der Waals surface area contributed by atoms with E-state index in [9.17, 15) is 5.11 Å². The summed E-state index contributed by atoms with van der Waals surface area (Å²) in [5.74, 6) is 0.936. The van der Waals surface area contributed by atoms with Gasteiger partial charge in [0.15, 0.2) is 0 Å².